The summed E-state index contributed by atoms with van der Waals surface area (Å²) in [5.41, 5.74) is 4.14. The van der Waals surface area contributed by atoms with Gasteiger partial charge in [-0.05, 0) is 25.0 Å². The first-order valence-corrected chi connectivity index (χ1v) is 9.06. The molecule has 1 aliphatic heterocycles. The molecule has 1 saturated heterocycles. The van der Waals surface area contributed by atoms with E-state index in [2.05, 4.69) is 27.5 Å². The lowest BCUT2D eigenvalue weighted by Gasteiger charge is -2.32. The molecule has 4 rings (SSSR count). The molecule has 2 N–H and O–H groups in total. The van der Waals surface area contributed by atoms with Gasteiger partial charge in [0.2, 0.25) is 0 Å². The van der Waals surface area contributed by atoms with E-state index in [0.29, 0.717) is 6.54 Å². The maximum absolute atomic E-state index is 9.73. The first kappa shape index (κ1) is 16.7. The van der Waals surface area contributed by atoms with Crippen molar-refractivity contribution in [2.75, 3.05) is 23.3 Å². The second-order valence-corrected chi connectivity index (χ2v) is 6.63. The number of aromatic nitrogens is 1. The van der Waals surface area contributed by atoms with Crippen LogP contribution in [0.1, 0.15) is 18.6 Å². The Labute approximate surface area is 153 Å². The highest BCUT2D eigenvalue weighted by molar-refractivity contribution is 5.70. The highest BCUT2D eigenvalue weighted by Crippen LogP contribution is 2.29. The highest BCUT2D eigenvalue weighted by atomic mass is 16.5. The Hall–Kier alpha value is -2.79. The Morgan fingerprint density at radius 1 is 1.04 bits per heavy atom. The van der Waals surface area contributed by atoms with E-state index in [4.69, 9.17) is 4.52 Å². The van der Waals surface area contributed by atoms with Gasteiger partial charge in [-0.1, -0.05) is 47.6 Å². The van der Waals surface area contributed by atoms with Crippen molar-refractivity contribution >= 4 is 11.4 Å². The van der Waals surface area contributed by atoms with Gasteiger partial charge in [0.05, 0.1) is 24.0 Å². The summed E-state index contributed by atoms with van der Waals surface area (Å²) in [6.07, 6.45) is 1.46. The van der Waals surface area contributed by atoms with Crippen LogP contribution in [-0.2, 0) is 6.54 Å². The standard InChI is InChI=1S/C21H23N3O2/c25-17-10-12-24(13-11-17)21-9-5-4-8-19(21)22-15-18-14-20(23-26-18)16-6-2-1-3-7-16/h1-9,14,17,22,25H,10-13,15H2. The van der Waals surface area contributed by atoms with Crippen LogP contribution in [0.25, 0.3) is 11.3 Å². The third-order valence-electron chi connectivity index (χ3n) is 4.79. The van der Waals surface area contributed by atoms with Crippen molar-refractivity contribution in [1.29, 1.82) is 0 Å². The lowest BCUT2D eigenvalue weighted by atomic mass is 10.1. The van der Waals surface area contributed by atoms with Gasteiger partial charge in [-0.3, -0.25) is 0 Å². The molecule has 134 valence electrons. The van der Waals surface area contributed by atoms with Gasteiger partial charge in [0.1, 0.15) is 5.69 Å². The van der Waals surface area contributed by atoms with Crippen LogP contribution < -0.4 is 10.2 Å². The fourth-order valence-corrected chi connectivity index (χ4v) is 3.33. The minimum absolute atomic E-state index is 0.169. The van der Waals surface area contributed by atoms with Gasteiger partial charge in [0.25, 0.3) is 0 Å². The fraction of sp³-hybridized carbons (Fsp3) is 0.286. The van der Waals surface area contributed by atoms with Crippen molar-refractivity contribution in [1.82, 2.24) is 5.16 Å². The molecule has 0 aliphatic carbocycles. The maximum atomic E-state index is 9.73. The number of nitrogens with zero attached hydrogens (tertiary/aromatic N) is 2. The van der Waals surface area contributed by atoms with Crippen molar-refractivity contribution in [2.24, 2.45) is 0 Å². The minimum atomic E-state index is -0.169. The van der Waals surface area contributed by atoms with E-state index < -0.39 is 0 Å². The summed E-state index contributed by atoms with van der Waals surface area (Å²) in [5, 5.41) is 17.4. The largest absolute Gasteiger partial charge is 0.393 e. The van der Waals surface area contributed by atoms with E-state index in [1.54, 1.807) is 0 Å². The average Bonchev–Trinajstić information content (AvgIpc) is 3.17. The molecule has 1 aliphatic rings. The first-order chi connectivity index (χ1) is 12.8. The van der Waals surface area contributed by atoms with Crippen molar-refractivity contribution in [2.45, 2.75) is 25.5 Å². The molecule has 0 atom stereocenters. The Balaban J connectivity index is 1.45. The molecule has 2 heterocycles. The van der Waals surface area contributed by atoms with Crippen LogP contribution >= 0.6 is 0 Å². The average molecular weight is 349 g/mol. The molecule has 5 heteroatoms. The number of hydrogen-bond acceptors (Lipinski definition) is 5. The lowest BCUT2D eigenvalue weighted by molar-refractivity contribution is 0.145. The monoisotopic (exact) mass is 349 g/mol. The summed E-state index contributed by atoms with van der Waals surface area (Å²) in [4.78, 5) is 2.32. The molecule has 0 spiro atoms. The molecule has 5 nitrogen and oxygen atoms in total. The van der Waals surface area contributed by atoms with Crippen LogP contribution in [0.4, 0.5) is 11.4 Å². The molecule has 3 aromatic rings. The molecule has 26 heavy (non-hydrogen) atoms. The third-order valence-corrected chi connectivity index (χ3v) is 4.79. The van der Waals surface area contributed by atoms with Gasteiger partial charge >= 0.3 is 0 Å². The van der Waals surface area contributed by atoms with E-state index >= 15 is 0 Å². The molecule has 2 aromatic carbocycles. The fourth-order valence-electron chi connectivity index (χ4n) is 3.33. The quantitative estimate of drug-likeness (QED) is 0.731. The predicted octanol–water partition coefficient (Wildman–Crippen LogP) is 3.91. The zero-order chi connectivity index (χ0) is 17.8. The first-order valence-electron chi connectivity index (χ1n) is 9.06. The van der Waals surface area contributed by atoms with Crippen LogP contribution in [0.3, 0.4) is 0 Å². The number of anilines is 2. The Kier molecular flexibility index (Phi) is 4.88. The van der Waals surface area contributed by atoms with Crippen molar-refractivity contribution < 1.29 is 9.63 Å². The van der Waals surface area contributed by atoms with Crippen LogP contribution in [0.2, 0.25) is 0 Å². The number of aliphatic hydroxyl groups excluding tert-OH is 1. The highest BCUT2D eigenvalue weighted by Gasteiger charge is 2.19. The zero-order valence-electron chi connectivity index (χ0n) is 14.6. The number of benzene rings is 2. The van der Waals surface area contributed by atoms with Crippen molar-refractivity contribution in [3.8, 4) is 11.3 Å². The minimum Gasteiger partial charge on any atom is -0.393 e. The van der Waals surface area contributed by atoms with Crippen LogP contribution in [0.5, 0.6) is 0 Å². The second-order valence-electron chi connectivity index (χ2n) is 6.63. The van der Waals surface area contributed by atoms with E-state index in [1.807, 2.05) is 48.5 Å². The zero-order valence-corrected chi connectivity index (χ0v) is 14.6. The Morgan fingerprint density at radius 2 is 1.77 bits per heavy atom. The van der Waals surface area contributed by atoms with E-state index in [1.165, 1.54) is 5.69 Å². The topological polar surface area (TPSA) is 61.5 Å². The number of para-hydroxylation sites is 2. The number of hydrogen-bond donors (Lipinski definition) is 2. The summed E-state index contributed by atoms with van der Waals surface area (Å²) in [6, 6.07) is 20.3. The molecule has 0 radical (unpaired) electrons. The van der Waals surface area contributed by atoms with E-state index in [9.17, 15) is 5.11 Å². The second kappa shape index (κ2) is 7.62. The summed E-state index contributed by atoms with van der Waals surface area (Å²) < 4.78 is 5.48. The molecule has 1 fully saturated rings. The molecule has 0 bridgehead atoms. The summed E-state index contributed by atoms with van der Waals surface area (Å²) in [5.74, 6) is 0.799. The van der Waals surface area contributed by atoms with Crippen LogP contribution in [0.15, 0.2) is 65.2 Å². The lowest BCUT2D eigenvalue weighted by Crippen LogP contribution is -2.36. The molecule has 0 unspecified atom stereocenters. The van der Waals surface area contributed by atoms with Crippen LogP contribution in [0, 0.1) is 0 Å². The van der Waals surface area contributed by atoms with Gasteiger partial charge in [0, 0.05) is 24.7 Å². The molecule has 0 saturated carbocycles. The number of rotatable bonds is 5. The predicted molar refractivity (Wildman–Crippen MR) is 103 cm³/mol. The summed E-state index contributed by atoms with van der Waals surface area (Å²) >= 11 is 0. The van der Waals surface area contributed by atoms with Crippen LogP contribution in [-0.4, -0.2) is 29.5 Å². The van der Waals surface area contributed by atoms with Gasteiger partial charge in [0.15, 0.2) is 5.76 Å². The number of aliphatic hydroxyl groups is 1. The van der Waals surface area contributed by atoms with Gasteiger partial charge in [-0.25, -0.2) is 0 Å². The molecular weight excluding hydrogens is 326 g/mol. The van der Waals surface area contributed by atoms with Crippen molar-refractivity contribution in [3.05, 3.63) is 66.4 Å². The number of nitrogens with one attached hydrogen (secondary N) is 1. The molecule has 0 amide bonds. The molecule has 1 aromatic heterocycles. The Bertz CT molecular complexity index is 839. The van der Waals surface area contributed by atoms with Gasteiger partial charge in [-0.15, -0.1) is 0 Å². The Morgan fingerprint density at radius 3 is 2.58 bits per heavy atom. The SMILES string of the molecule is OC1CCN(c2ccccc2NCc2cc(-c3ccccc3)no2)CC1. The number of piperidine rings is 1. The summed E-state index contributed by atoms with van der Waals surface area (Å²) in [6.45, 7) is 2.33. The smallest absolute Gasteiger partial charge is 0.156 e. The van der Waals surface area contributed by atoms with E-state index in [-0.39, 0.29) is 6.10 Å². The van der Waals surface area contributed by atoms with Crippen molar-refractivity contribution in [3.63, 3.8) is 0 Å². The summed E-state index contributed by atoms with van der Waals surface area (Å²) in [7, 11) is 0. The maximum Gasteiger partial charge on any atom is 0.156 e. The van der Waals surface area contributed by atoms with Gasteiger partial charge in [-0.2, -0.15) is 0 Å². The molecular formula is C21H23N3O2. The van der Waals surface area contributed by atoms with Gasteiger partial charge < -0.3 is 19.8 Å². The third kappa shape index (κ3) is 3.73. The van der Waals surface area contributed by atoms with E-state index in [0.717, 1.165) is 48.6 Å². The normalized spacial score (nSPS) is 15.2.